The number of hydrogen-bond donors (Lipinski definition) is 1. The normalized spacial score (nSPS) is 10.0. The zero-order valence-electron chi connectivity index (χ0n) is 12.1. The Morgan fingerprint density at radius 1 is 1.32 bits per heavy atom. The van der Waals surface area contributed by atoms with Crippen LogP contribution in [0.25, 0.3) is 0 Å². The topological polar surface area (TPSA) is 97.6 Å². The number of furan rings is 1. The number of aromatic nitrogens is 2. The summed E-state index contributed by atoms with van der Waals surface area (Å²) < 4.78 is 9.96. The maximum atomic E-state index is 11.6. The Kier molecular flexibility index (Phi) is 5.47. The summed E-state index contributed by atoms with van der Waals surface area (Å²) in [4.78, 5) is 32.7. The van der Waals surface area contributed by atoms with E-state index in [0.29, 0.717) is 11.7 Å². The highest BCUT2D eigenvalue weighted by Gasteiger charge is 2.12. The van der Waals surface area contributed by atoms with Gasteiger partial charge in [0.2, 0.25) is 5.95 Å². The number of carbonyl (C=O) groups excluding carboxylic acids is 2. The standard InChI is InChI=1S/C14H16N4O4/c1-18(14-15-5-3-6-16-14)9-13(20)22-10-12(19)17-8-11-4-2-7-21-11/h2-7H,8-10H2,1H3,(H,17,19). The fourth-order valence-corrected chi connectivity index (χ4v) is 1.59. The van der Waals surface area contributed by atoms with Crippen LogP contribution in [0, 0.1) is 0 Å². The SMILES string of the molecule is CN(CC(=O)OCC(=O)NCc1ccco1)c1ncccn1. The Bertz CT molecular complexity index is 601. The van der Waals surface area contributed by atoms with Crippen molar-refractivity contribution in [3.05, 3.63) is 42.6 Å². The summed E-state index contributed by atoms with van der Waals surface area (Å²) in [6.07, 6.45) is 4.67. The average Bonchev–Trinajstić information content (AvgIpc) is 3.05. The number of esters is 1. The lowest BCUT2D eigenvalue weighted by molar-refractivity contribution is -0.147. The molecule has 2 aromatic heterocycles. The van der Waals surface area contributed by atoms with E-state index in [9.17, 15) is 9.59 Å². The zero-order chi connectivity index (χ0) is 15.8. The van der Waals surface area contributed by atoms with Gasteiger partial charge >= 0.3 is 5.97 Å². The molecule has 116 valence electrons. The van der Waals surface area contributed by atoms with Crippen LogP contribution in [-0.4, -0.2) is 42.0 Å². The Morgan fingerprint density at radius 2 is 2.09 bits per heavy atom. The van der Waals surface area contributed by atoms with Gasteiger partial charge in [0.15, 0.2) is 6.61 Å². The average molecular weight is 304 g/mol. The van der Waals surface area contributed by atoms with E-state index < -0.39 is 11.9 Å². The number of likely N-dealkylation sites (N-methyl/N-ethyl adjacent to an activating group) is 1. The second kappa shape index (κ2) is 7.77. The Labute approximate surface area is 127 Å². The van der Waals surface area contributed by atoms with Gasteiger partial charge < -0.3 is 19.4 Å². The molecule has 0 unspecified atom stereocenters. The van der Waals surface area contributed by atoms with Gasteiger partial charge in [0, 0.05) is 19.4 Å². The van der Waals surface area contributed by atoms with Crippen molar-refractivity contribution < 1.29 is 18.7 Å². The number of nitrogens with zero attached hydrogens (tertiary/aromatic N) is 3. The smallest absolute Gasteiger partial charge is 0.326 e. The molecule has 22 heavy (non-hydrogen) atoms. The van der Waals surface area contributed by atoms with E-state index in [1.807, 2.05) is 0 Å². The third-order valence-electron chi connectivity index (χ3n) is 2.66. The van der Waals surface area contributed by atoms with Crippen molar-refractivity contribution in [2.45, 2.75) is 6.54 Å². The lowest BCUT2D eigenvalue weighted by atomic mass is 10.4. The van der Waals surface area contributed by atoms with E-state index in [1.54, 1.807) is 37.6 Å². The first-order chi connectivity index (χ1) is 10.6. The highest BCUT2D eigenvalue weighted by molar-refractivity contribution is 5.81. The largest absolute Gasteiger partial charge is 0.467 e. The molecule has 0 fully saturated rings. The van der Waals surface area contributed by atoms with Crippen molar-refractivity contribution in [3.8, 4) is 0 Å². The molecule has 2 heterocycles. The fraction of sp³-hybridized carbons (Fsp3) is 0.286. The predicted octanol–water partition coefficient (Wildman–Crippen LogP) is 0.365. The number of nitrogens with one attached hydrogen (secondary N) is 1. The molecule has 0 saturated carbocycles. The van der Waals surface area contributed by atoms with Gasteiger partial charge in [-0.05, 0) is 18.2 Å². The number of anilines is 1. The highest BCUT2D eigenvalue weighted by atomic mass is 16.5. The van der Waals surface area contributed by atoms with E-state index in [0.717, 1.165) is 0 Å². The van der Waals surface area contributed by atoms with Gasteiger partial charge in [-0.3, -0.25) is 9.59 Å². The molecule has 2 aromatic rings. The molecule has 1 amide bonds. The number of ether oxygens (including phenoxy) is 1. The van der Waals surface area contributed by atoms with Crippen LogP contribution in [0.5, 0.6) is 0 Å². The van der Waals surface area contributed by atoms with Gasteiger partial charge in [-0.2, -0.15) is 0 Å². The van der Waals surface area contributed by atoms with Gasteiger partial charge in [-0.1, -0.05) is 0 Å². The molecule has 8 heteroatoms. The number of hydrogen-bond acceptors (Lipinski definition) is 7. The van der Waals surface area contributed by atoms with Gasteiger partial charge in [0.05, 0.1) is 12.8 Å². The van der Waals surface area contributed by atoms with Gasteiger partial charge in [0.25, 0.3) is 5.91 Å². The summed E-state index contributed by atoms with van der Waals surface area (Å²) in [5.41, 5.74) is 0. The Balaban J connectivity index is 1.67. The Hall–Kier alpha value is -2.90. The van der Waals surface area contributed by atoms with Crippen LogP contribution in [0.15, 0.2) is 41.3 Å². The van der Waals surface area contributed by atoms with Gasteiger partial charge in [-0.25, -0.2) is 9.97 Å². The van der Waals surface area contributed by atoms with Crippen LogP contribution >= 0.6 is 0 Å². The lowest BCUT2D eigenvalue weighted by Gasteiger charge is -2.15. The van der Waals surface area contributed by atoms with Crippen LogP contribution in [0.1, 0.15) is 5.76 Å². The van der Waals surface area contributed by atoms with E-state index >= 15 is 0 Å². The van der Waals surface area contributed by atoms with E-state index in [-0.39, 0.29) is 19.7 Å². The second-order valence-electron chi connectivity index (χ2n) is 4.42. The van der Waals surface area contributed by atoms with Crippen LogP contribution < -0.4 is 10.2 Å². The zero-order valence-corrected chi connectivity index (χ0v) is 12.1. The lowest BCUT2D eigenvalue weighted by Crippen LogP contribution is -2.32. The maximum Gasteiger partial charge on any atom is 0.326 e. The minimum absolute atomic E-state index is 0.0462. The maximum absolute atomic E-state index is 11.6. The van der Waals surface area contributed by atoms with Gasteiger partial charge in [0.1, 0.15) is 12.3 Å². The molecule has 0 saturated heterocycles. The first kappa shape index (κ1) is 15.5. The third kappa shape index (κ3) is 4.89. The quantitative estimate of drug-likeness (QED) is 0.738. The second-order valence-corrected chi connectivity index (χ2v) is 4.42. The molecule has 0 aliphatic rings. The number of amides is 1. The molecule has 2 rings (SSSR count). The predicted molar refractivity (Wildman–Crippen MR) is 76.8 cm³/mol. The van der Waals surface area contributed by atoms with Crippen molar-refractivity contribution in [3.63, 3.8) is 0 Å². The molecule has 0 radical (unpaired) electrons. The molecule has 0 bridgehead atoms. The molecular weight excluding hydrogens is 288 g/mol. The van der Waals surface area contributed by atoms with E-state index in [4.69, 9.17) is 9.15 Å². The molecule has 8 nitrogen and oxygen atoms in total. The van der Waals surface area contributed by atoms with Crippen molar-refractivity contribution in [2.75, 3.05) is 25.1 Å². The minimum Gasteiger partial charge on any atom is -0.467 e. The minimum atomic E-state index is -0.539. The van der Waals surface area contributed by atoms with E-state index in [1.165, 1.54) is 11.2 Å². The molecule has 1 N–H and O–H groups in total. The van der Waals surface area contributed by atoms with Gasteiger partial charge in [-0.15, -0.1) is 0 Å². The van der Waals surface area contributed by atoms with Crippen molar-refractivity contribution >= 4 is 17.8 Å². The summed E-state index contributed by atoms with van der Waals surface area (Å²) in [6, 6.07) is 5.14. The van der Waals surface area contributed by atoms with Crippen molar-refractivity contribution in [2.24, 2.45) is 0 Å². The third-order valence-corrected chi connectivity index (χ3v) is 2.66. The molecule has 0 aliphatic carbocycles. The summed E-state index contributed by atoms with van der Waals surface area (Å²) in [6.45, 7) is -0.139. The highest BCUT2D eigenvalue weighted by Crippen LogP contribution is 2.01. The van der Waals surface area contributed by atoms with Crippen molar-refractivity contribution in [1.82, 2.24) is 15.3 Å². The number of carbonyl (C=O) groups is 2. The first-order valence-corrected chi connectivity index (χ1v) is 6.58. The summed E-state index contributed by atoms with van der Waals surface area (Å²) in [7, 11) is 1.66. The first-order valence-electron chi connectivity index (χ1n) is 6.58. The van der Waals surface area contributed by atoms with Crippen molar-refractivity contribution in [1.29, 1.82) is 0 Å². The molecule has 0 spiro atoms. The number of rotatable bonds is 7. The fourth-order valence-electron chi connectivity index (χ4n) is 1.59. The van der Waals surface area contributed by atoms with Crippen LogP contribution in [0.4, 0.5) is 5.95 Å². The van der Waals surface area contributed by atoms with E-state index in [2.05, 4.69) is 15.3 Å². The van der Waals surface area contributed by atoms with Crippen LogP contribution in [0.2, 0.25) is 0 Å². The molecule has 0 atom stereocenters. The molecular formula is C14H16N4O4. The summed E-state index contributed by atoms with van der Waals surface area (Å²) in [5.74, 6) is 0.0915. The summed E-state index contributed by atoms with van der Waals surface area (Å²) in [5, 5.41) is 2.58. The van der Waals surface area contributed by atoms with Crippen LogP contribution in [-0.2, 0) is 20.9 Å². The summed E-state index contributed by atoms with van der Waals surface area (Å²) >= 11 is 0. The monoisotopic (exact) mass is 304 g/mol. The van der Waals surface area contributed by atoms with Crippen LogP contribution in [0.3, 0.4) is 0 Å². The molecule has 0 aromatic carbocycles. The Morgan fingerprint density at radius 3 is 2.77 bits per heavy atom. The molecule has 0 aliphatic heterocycles.